The number of ether oxygens (including phenoxy) is 1. The van der Waals surface area contributed by atoms with Crippen LogP contribution in [0.3, 0.4) is 0 Å². The Kier molecular flexibility index (Phi) is 5.16. The maximum absolute atomic E-state index is 11.5. The van der Waals surface area contributed by atoms with Crippen molar-refractivity contribution in [2.24, 2.45) is 0 Å². The second-order valence-corrected chi connectivity index (χ2v) is 4.28. The van der Waals surface area contributed by atoms with Gasteiger partial charge in [-0.2, -0.15) is 0 Å². The summed E-state index contributed by atoms with van der Waals surface area (Å²) in [5.74, 6) is -0.202. The molecule has 0 spiro atoms. The molecule has 1 N–H and O–H groups in total. The summed E-state index contributed by atoms with van der Waals surface area (Å²) in [5.41, 5.74) is 2.40. The standard InChI is InChI=1S/C14H21NO2/c1-5-17-14(16)12(4)15-11(3)13-8-6-7-10(2)9-13/h6-9,11-12,15H,5H2,1-4H3/t11-,12?/m1/s1. The van der Waals surface area contributed by atoms with Crippen molar-refractivity contribution < 1.29 is 9.53 Å². The Balaban J connectivity index is 2.60. The van der Waals surface area contributed by atoms with E-state index in [2.05, 4.69) is 30.4 Å². The lowest BCUT2D eigenvalue weighted by molar-refractivity contribution is -0.145. The number of benzene rings is 1. The molecule has 1 rings (SSSR count). The normalized spacial score (nSPS) is 14.1. The monoisotopic (exact) mass is 235 g/mol. The molecule has 94 valence electrons. The molecule has 1 aromatic carbocycles. The van der Waals surface area contributed by atoms with E-state index >= 15 is 0 Å². The van der Waals surface area contributed by atoms with E-state index in [1.54, 1.807) is 0 Å². The number of nitrogens with one attached hydrogen (secondary N) is 1. The molecule has 2 atom stereocenters. The molecule has 0 saturated carbocycles. The van der Waals surface area contributed by atoms with Crippen LogP contribution in [0, 0.1) is 6.92 Å². The highest BCUT2D eigenvalue weighted by molar-refractivity contribution is 5.75. The highest BCUT2D eigenvalue weighted by atomic mass is 16.5. The summed E-state index contributed by atoms with van der Waals surface area (Å²) in [6.45, 7) is 8.16. The van der Waals surface area contributed by atoms with Crippen LogP contribution in [0.1, 0.15) is 37.9 Å². The van der Waals surface area contributed by atoms with Crippen molar-refractivity contribution in [2.45, 2.75) is 39.8 Å². The minimum absolute atomic E-state index is 0.134. The predicted molar refractivity (Wildman–Crippen MR) is 68.8 cm³/mol. The van der Waals surface area contributed by atoms with E-state index in [9.17, 15) is 4.79 Å². The smallest absolute Gasteiger partial charge is 0.322 e. The second-order valence-electron chi connectivity index (χ2n) is 4.28. The molecule has 0 heterocycles. The number of carbonyl (C=O) groups is 1. The fourth-order valence-corrected chi connectivity index (χ4v) is 1.75. The lowest BCUT2D eigenvalue weighted by Gasteiger charge is -2.19. The minimum Gasteiger partial charge on any atom is -0.465 e. The first-order valence-corrected chi connectivity index (χ1v) is 6.03. The first-order valence-electron chi connectivity index (χ1n) is 6.03. The zero-order chi connectivity index (χ0) is 12.8. The van der Waals surface area contributed by atoms with Gasteiger partial charge in [-0.25, -0.2) is 0 Å². The molecule has 3 nitrogen and oxygen atoms in total. The number of hydrogen-bond acceptors (Lipinski definition) is 3. The molecule has 0 fully saturated rings. The van der Waals surface area contributed by atoms with Gasteiger partial charge in [0.15, 0.2) is 0 Å². The van der Waals surface area contributed by atoms with Crippen molar-refractivity contribution in [3.8, 4) is 0 Å². The summed E-state index contributed by atoms with van der Waals surface area (Å²) in [7, 11) is 0. The highest BCUT2D eigenvalue weighted by Crippen LogP contribution is 2.14. The lowest BCUT2D eigenvalue weighted by Crippen LogP contribution is -2.37. The predicted octanol–water partition coefficient (Wildman–Crippen LogP) is 2.60. The minimum atomic E-state index is -0.287. The Labute approximate surface area is 103 Å². The molecular weight excluding hydrogens is 214 g/mol. The summed E-state index contributed by atoms with van der Waals surface area (Å²) < 4.78 is 4.96. The van der Waals surface area contributed by atoms with Crippen molar-refractivity contribution in [2.75, 3.05) is 6.61 Å². The molecule has 1 unspecified atom stereocenters. The third-order valence-electron chi connectivity index (χ3n) is 2.68. The lowest BCUT2D eigenvalue weighted by atomic mass is 10.1. The molecule has 0 aliphatic carbocycles. The maximum Gasteiger partial charge on any atom is 0.322 e. The number of carbonyl (C=O) groups excluding carboxylic acids is 1. The van der Waals surface area contributed by atoms with Crippen LogP contribution < -0.4 is 5.32 Å². The zero-order valence-corrected chi connectivity index (χ0v) is 11.0. The third kappa shape index (κ3) is 4.19. The molecular formula is C14H21NO2. The van der Waals surface area contributed by atoms with E-state index < -0.39 is 0 Å². The summed E-state index contributed by atoms with van der Waals surface area (Å²) in [4.78, 5) is 11.5. The molecule has 0 aromatic heterocycles. The van der Waals surface area contributed by atoms with Gasteiger partial charge in [-0.15, -0.1) is 0 Å². The molecule has 1 aromatic rings. The topological polar surface area (TPSA) is 38.3 Å². The Bertz CT molecular complexity index is 376. The van der Waals surface area contributed by atoms with Gasteiger partial charge in [-0.3, -0.25) is 10.1 Å². The average Bonchev–Trinajstić information content (AvgIpc) is 2.29. The van der Waals surface area contributed by atoms with Gasteiger partial charge in [0, 0.05) is 6.04 Å². The van der Waals surface area contributed by atoms with Crippen LogP contribution in [0.2, 0.25) is 0 Å². The fraction of sp³-hybridized carbons (Fsp3) is 0.500. The quantitative estimate of drug-likeness (QED) is 0.797. The van der Waals surface area contributed by atoms with Crippen molar-refractivity contribution in [1.82, 2.24) is 5.32 Å². The Hall–Kier alpha value is -1.35. The van der Waals surface area contributed by atoms with Crippen LogP contribution in [0.4, 0.5) is 0 Å². The van der Waals surface area contributed by atoms with Gasteiger partial charge < -0.3 is 4.74 Å². The molecule has 0 radical (unpaired) electrons. The molecule has 3 heteroatoms. The van der Waals surface area contributed by atoms with Gasteiger partial charge >= 0.3 is 5.97 Å². The van der Waals surface area contributed by atoms with Crippen molar-refractivity contribution in [3.63, 3.8) is 0 Å². The Morgan fingerprint density at radius 3 is 2.71 bits per heavy atom. The fourth-order valence-electron chi connectivity index (χ4n) is 1.75. The SMILES string of the molecule is CCOC(=O)C(C)N[C@H](C)c1cccc(C)c1. The first-order chi connectivity index (χ1) is 8.04. The van der Waals surface area contributed by atoms with Crippen LogP contribution in [0.25, 0.3) is 0 Å². The van der Waals surface area contributed by atoms with Crippen LogP contribution in [0.15, 0.2) is 24.3 Å². The summed E-state index contributed by atoms with van der Waals surface area (Å²) >= 11 is 0. The Morgan fingerprint density at radius 1 is 1.41 bits per heavy atom. The van der Waals surface area contributed by atoms with Gasteiger partial charge in [-0.05, 0) is 33.3 Å². The van der Waals surface area contributed by atoms with Gasteiger partial charge in [0.25, 0.3) is 0 Å². The van der Waals surface area contributed by atoms with E-state index in [4.69, 9.17) is 4.74 Å². The van der Waals surface area contributed by atoms with Crippen molar-refractivity contribution in [3.05, 3.63) is 35.4 Å². The number of hydrogen-bond donors (Lipinski definition) is 1. The molecule has 17 heavy (non-hydrogen) atoms. The van der Waals surface area contributed by atoms with E-state index in [-0.39, 0.29) is 18.1 Å². The van der Waals surface area contributed by atoms with Crippen molar-refractivity contribution in [1.29, 1.82) is 0 Å². The summed E-state index contributed by atoms with van der Waals surface area (Å²) in [5, 5.41) is 3.23. The zero-order valence-electron chi connectivity index (χ0n) is 11.0. The van der Waals surface area contributed by atoms with Crippen LogP contribution in [-0.4, -0.2) is 18.6 Å². The number of rotatable bonds is 5. The van der Waals surface area contributed by atoms with Crippen LogP contribution in [-0.2, 0) is 9.53 Å². The molecule has 0 saturated heterocycles. The van der Waals surface area contributed by atoms with Gasteiger partial charge in [-0.1, -0.05) is 29.8 Å². The Morgan fingerprint density at radius 2 is 2.12 bits per heavy atom. The van der Waals surface area contributed by atoms with E-state index in [1.165, 1.54) is 11.1 Å². The molecule has 0 aliphatic rings. The second kappa shape index (κ2) is 6.40. The third-order valence-corrected chi connectivity index (χ3v) is 2.68. The molecule has 0 aliphatic heterocycles. The van der Waals surface area contributed by atoms with Crippen LogP contribution in [0.5, 0.6) is 0 Å². The van der Waals surface area contributed by atoms with Crippen molar-refractivity contribution >= 4 is 5.97 Å². The maximum atomic E-state index is 11.5. The molecule has 0 bridgehead atoms. The molecule has 0 amide bonds. The van der Waals surface area contributed by atoms with Gasteiger partial charge in [0.05, 0.1) is 6.61 Å². The van der Waals surface area contributed by atoms with E-state index in [0.717, 1.165) is 0 Å². The van der Waals surface area contributed by atoms with E-state index in [0.29, 0.717) is 6.61 Å². The highest BCUT2D eigenvalue weighted by Gasteiger charge is 2.16. The largest absolute Gasteiger partial charge is 0.465 e. The van der Waals surface area contributed by atoms with Crippen LogP contribution >= 0.6 is 0 Å². The van der Waals surface area contributed by atoms with E-state index in [1.807, 2.05) is 26.8 Å². The van der Waals surface area contributed by atoms with Gasteiger partial charge in [0.1, 0.15) is 6.04 Å². The van der Waals surface area contributed by atoms with Gasteiger partial charge in [0.2, 0.25) is 0 Å². The average molecular weight is 235 g/mol. The summed E-state index contributed by atoms with van der Waals surface area (Å²) in [6, 6.07) is 8.11. The number of aryl methyl sites for hydroxylation is 1. The number of esters is 1. The summed E-state index contributed by atoms with van der Waals surface area (Å²) in [6.07, 6.45) is 0. The first kappa shape index (κ1) is 13.7.